The Bertz CT molecular complexity index is 356. The van der Waals surface area contributed by atoms with Gasteiger partial charge in [0.2, 0.25) is 0 Å². The van der Waals surface area contributed by atoms with Gasteiger partial charge in [0.15, 0.2) is 0 Å². The molecule has 1 N–H and O–H groups in total. The van der Waals surface area contributed by atoms with Crippen LogP contribution in [0.5, 0.6) is 11.5 Å². The van der Waals surface area contributed by atoms with Gasteiger partial charge >= 0.3 is 0 Å². The fourth-order valence-corrected chi connectivity index (χ4v) is 1.67. The Morgan fingerprint density at radius 3 is 2.53 bits per heavy atom. The molecule has 0 aromatic heterocycles. The summed E-state index contributed by atoms with van der Waals surface area (Å²) < 4.78 is 5.67. The van der Waals surface area contributed by atoms with Crippen molar-refractivity contribution >= 4 is 0 Å². The van der Waals surface area contributed by atoms with Gasteiger partial charge in [-0.25, -0.2) is 0 Å². The number of benzene rings is 1. The zero-order valence-corrected chi connectivity index (χ0v) is 11.4. The van der Waals surface area contributed by atoms with Crippen LogP contribution in [-0.2, 0) is 5.41 Å². The predicted octanol–water partition coefficient (Wildman–Crippen LogP) is 4.26. The number of ether oxygens (including phenoxy) is 1. The molecule has 0 aliphatic heterocycles. The van der Waals surface area contributed by atoms with E-state index in [2.05, 4.69) is 27.7 Å². The minimum Gasteiger partial charge on any atom is -0.508 e. The molecule has 0 bridgehead atoms. The Hall–Kier alpha value is -1.18. The number of aromatic hydroxyl groups is 1. The second kappa shape index (κ2) is 5.95. The van der Waals surface area contributed by atoms with Crippen molar-refractivity contribution in [2.45, 2.75) is 52.4 Å². The zero-order chi connectivity index (χ0) is 12.9. The largest absolute Gasteiger partial charge is 0.508 e. The van der Waals surface area contributed by atoms with E-state index in [0.717, 1.165) is 37.2 Å². The van der Waals surface area contributed by atoms with E-state index in [4.69, 9.17) is 4.74 Å². The van der Waals surface area contributed by atoms with Crippen LogP contribution in [0.3, 0.4) is 0 Å². The first-order chi connectivity index (χ1) is 8.01. The van der Waals surface area contributed by atoms with E-state index in [9.17, 15) is 5.11 Å². The molecular formula is C15H24O2. The fraction of sp³-hybridized carbons (Fsp3) is 0.600. The summed E-state index contributed by atoms with van der Waals surface area (Å²) in [6.07, 6.45) is 3.18. The Morgan fingerprint density at radius 1 is 1.24 bits per heavy atom. The summed E-state index contributed by atoms with van der Waals surface area (Å²) in [5.41, 5.74) is 0.947. The Morgan fingerprint density at radius 2 is 1.94 bits per heavy atom. The van der Waals surface area contributed by atoms with Crippen LogP contribution in [0, 0.1) is 0 Å². The summed E-state index contributed by atoms with van der Waals surface area (Å²) in [5, 5.41) is 9.92. The fourth-order valence-electron chi connectivity index (χ4n) is 1.67. The summed E-state index contributed by atoms with van der Waals surface area (Å²) in [7, 11) is 0. The van der Waals surface area contributed by atoms with E-state index in [-0.39, 0.29) is 5.41 Å². The molecule has 0 atom stereocenters. The topological polar surface area (TPSA) is 29.5 Å². The van der Waals surface area contributed by atoms with E-state index in [1.807, 2.05) is 12.1 Å². The van der Waals surface area contributed by atoms with Crippen molar-refractivity contribution in [1.82, 2.24) is 0 Å². The van der Waals surface area contributed by atoms with Crippen LogP contribution in [-0.4, -0.2) is 11.7 Å². The van der Waals surface area contributed by atoms with Crippen molar-refractivity contribution in [3.63, 3.8) is 0 Å². The van der Waals surface area contributed by atoms with Gasteiger partial charge in [-0.3, -0.25) is 0 Å². The number of rotatable bonds is 6. The molecule has 2 heteroatoms. The molecule has 1 aromatic carbocycles. The Kier molecular flexibility index (Phi) is 4.86. The first-order valence-corrected chi connectivity index (χ1v) is 6.47. The molecular weight excluding hydrogens is 212 g/mol. The molecule has 0 aliphatic carbocycles. The third kappa shape index (κ3) is 3.65. The van der Waals surface area contributed by atoms with Crippen LogP contribution in [0.1, 0.15) is 52.5 Å². The second-order valence-electron chi connectivity index (χ2n) is 5.12. The van der Waals surface area contributed by atoms with Crippen molar-refractivity contribution in [1.29, 1.82) is 0 Å². The molecule has 0 fully saturated rings. The van der Waals surface area contributed by atoms with E-state index >= 15 is 0 Å². The summed E-state index contributed by atoms with van der Waals surface area (Å²) in [4.78, 5) is 0. The summed E-state index contributed by atoms with van der Waals surface area (Å²) >= 11 is 0. The maximum absolute atomic E-state index is 9.92. The van der Waals surface area contributed by atoms with Gasteiger partial charge in [-0.05, 0) is 36.5 Å². The normalized spacial score (nSPS) is 11.5. The SMILES string of the molecule is CCCCOc1ccc(O)c(C(C)(C)CC)c1. The highest BCUT2D eigenvalue weighted by Crippen LogP contribution is 2.35. The lowest BCUT2D eigenvalue weighted by atomic mass is 9.81. The van der Waals surface area contributed by atoms with Gasteiger partial charge in [0, 0.05) is 5.56 Å². The summed E-state index contributed by atoms with van der Waals surface area (Å²) in [6.45, 7) is 9.29. The van der Waals surface area contributed by atoms with Crippen molar-refractivity contribution in [2.75, 3.05) is 6.61 Å². The Balaban J connectivity index is 2.87. The molecule has 2 nitrogen and oxygen atoms in total. The third-order valence-electron chi connectivity index (χ3n) is 3.35. The van der Waals surface area contributed by atoms with Gasteiger partial charge in [0.05, 0.1) is 6.61 Å². The third-order valence-corrected chi connectivity index (χ3v) is 3.35. The summed E-state index contributed by atoms with van der Waals surface area (Å²) in [5.74, 6) is 1.22. The number of hydrogen-bond acceptors (Lipinski definition) is 2. The first kappa shape index (κ1) is 13.9. The highest BCUT2D eigenvalue weighted by atomic mass is 16.5. The van der Waals surface area contributed by atoms with Crippen LogP contribution in [0.25, 0.3) is 0 Å². The minimum absolute atomic E-state index is 0.0196. The van der Waals surface area contributed by atoms with Crippen LogP contribution >= 0.6 is 0 Å². The Labute approximate surface area is 105 Å². The lowest BCUT2D eigenvalue weighted by Gasteiger charge is -2.24. The minimum atomic E-state index is -0.0196. The molecule has 0 saturated carbocycles. The molecule has 0 unspecified atom stereocenters. The van der Waals surface area contributed by atoms with Gasteiger partial charge in [-0.1, -0.05) is 34.1 Å². The van der Waals surface area contributed by atoms with Crippen molar-refractivity contribution in [2.24, 2.45) is 0 Å². The van der Waals surface area contributed by atoms with E-state index in [1.54, 1.807) is 6.07 Å². The van der Waals surface area contributed by atoms with Crippen molar-refractivity contribution in [3.05, 3.63) is 23.8 Å². The van der Waals surface area contributed by atoms with Crippen molar-refractivity contribution < 1.29 is 9.84 Å². The lowest BCUT2D eigenvalue weighted by Crippen LogP contribution is -2.15. The molecule has 0 saturated heterocycles. The summed E-state index contributed by atoms with van der Waals surface area (Å²) in [6, 6.07) is 5.53. The molecule has 17 heavy (non-hydrogen) atoms. The average molecular weight is 236 g/mol. The van der Waals surface area contributed by atoms with Crippen molar-refractivity contribution in [3.8, 4) is 11.5 Å². The molecule has 0 heterocycles. The maximum atomic E-state index is 9.92. The highest BCUT2D eigenvalue weighted by Gasteiger charge is 2.22. The molecule has 0 radical (unpaired) electrons. The molecule has 1 aromatic rings. The van der Waals surface area contributed by atoms with Gasteiger partial charge in [-0.2, -0.15) is 0 Å². The number of hydrogen-bond donors (Lipinski definition) is 1. The zero-order valence-electron chi connectivity index (χ0n) is 11.4. The highest BCUT2D eigenvalue weighted by molar-refractivity contribution is 5.43. The smallest absolute Gasteiger partial charge is 0.119 e. The van der Waals surface area contributed by atoms with Gasteiger partial charge in [0.1, 0.15) is 11.5 Å². The molecule has 96 valence electrons. The van der Waals surface area contributed by atoms with Crippen LogP contribution in [0.2, 0.25) is 0 Å². The van der Waals surface area contributed by atoms with Crippen LogP contribution < -0.4 is 4.74 Å². The quantitative estimate of drug-likeness (QED) is 0.748. The number of phenolic OH excluding ortho intramolecular Hbond substituents is 1. The maximum Gasteiger partial charge on any atom is 0.119 e. The van der Waals surface area contributed by atoms with Gasteiger partial charge in [-0.15, -0.1) is 0 Å². The van der Waals surface area contributed by atoms with E-state index in [0.29, 0.717) is 5.75 Å². The van der Waals surface area contributed by atoms with E-state index in [1.165, 1.54) is 0 Å². The van der Waals surface area contributed by atoms with E-state index < -0.39 is 0 Å². The molecule has 0 amide bonds. The van der Waals surface area contributed by atoms with Gasteiger partial charge < -0.3 is 9.84 Å². The predicted molar refractivity (Wildman–Crippen MR) is 71.8 cm³/mol. The lowest BCUT2D eigenvalue weighted by molar-refractivity contribution is 0.307. The standard InChI is InChI=1S/C15H24O2/c1-5-7-10-17-12-8-9-14(16)13(11-12)15(3,4)6-2/h8-9,11,16H,5-7,10H2,1-4H3. The number of phenols is 1. The first-order valence-electron chi connectivity index (χ1n) is 6.47. The molecule has 1 rings (SSSR count). The second-order valence-corrected chi connectivity index (χ2v) is 5.12. The monoisotopic (exact) mass is 236 g/mol. The van der Waals surface area contributed by atoms with Crippen LogP contribution in [0.15, 0.2) is 18.2 Å². The average Bonchev–Trinajstić information content (AvgIpc) is 2.31. The van der Waals surface area contributed by atoms with Crippen LogP contribution in [0.4, 0.5) is 0 Å². The van der Waals surface area contributed by atoms with Gasteiger partial charge in [0.25, 0.3) is 0 Å². The number of unbranched alkanes of at least 4 members (excludes halogenated alkanes) is 1. The molecule has 0 aliphatic rings. The molecule has 0 spiro atoms.